The molecule has 2 aromatic rings. The lowest BCUT2D eigenvalue weighted by molar-refractivity contribution is 0.0985. The summed E-state index contributed by atoms with van der Waals surface area (Å²) in [6.45, 7) is 2.19. The summed E-state index contributed by atoms with van der Waals surface area (Å²) in [4.78, 5) is 14.0. The van der Waals surface area contributed by atoms with Gasteiger partial charge in [0.2, 0.25) is 0 Å². The number of aromatic hydroxyl groups is 1. The summed E-state index contributed by atoms with van der Waals surface area (Å²) in [5, 5.41) is 9.87. The van der Waals surface area contributed by atoms with Crippen LogP contribution in [0.1, 0.15) is 17.3 Å². The van der Waals surface area contributed by atoms with Gasteiger partial charge in [-0.2, -0.15) is 0 Å². The van der Waals surface area contributed by atoms with Gasteiger partial charge in [-0.25, -0.2) is 4.39 Å². The Labute approximate surface area is 122 Å². The summed E-state index contributed by atoms with van der Waals surface area (Å²) in [7, 11) is 1.48. The van der Waals surface area contributed by atoms with Crippen LogP contribution in [0.25, 0.3) is 0 Å². The van der Waals surface area contributed by atoms with Crippen molar-refractivity contribution in [1.29, 1.82) is 0 Å². The quantitative estimate of drug-likeness (QED) is 0.940. The van der Waals surface area contributed by atoms with Gasteiger partial charge in [-0.3, -0.25) is 4.79 Å². The normalized spacial score (nSPS) is 10.2. The van der Waals surface area contributed by atoms with E-state index in [2.05, 4.69) is 0 Å². The Morgan fingerprint density at radius 2 is 1.90 bits per heavy atom. The molecule has 0 aliphatic rings. The lowest BCUT2D eigenvalue weighted by Crippen LogP contribution is -2.30. The average Bonchev–Trinajstić information content (AvgIpc) is 2.50. The third-order valence-corrected chi connectivity index (χ3v) is 3.13. The molecular formula is C16H16FNO3. The van der Waals surface area contributed by atoms with Crippen LogP contribution in [-0.4, -0.2) is 24.7 Å². The molecule has 0 unspecified atom stereocenters. The molecule has 0 aliphatic carbocycles. The van der Waals surface area contributed by atoms with Crippen molar-refractivity contribution >= 4 is 11.6 Å². The monoisotopic (exact) mass is 289 g/mol. The van der Waals surface area contributed by atoms with Gasteiger partial charge in [-0.1, -0.05) is 0 Å². The van der Waals surface area contributed by atoms with Gasteiger partial charge in [0.05, 0.1) is 12.7 Å². The van der Waals surface area contributed by atoms with Crippen LogP contribution >= 0.6 is 0 Å². The van der Waals surface area contributed by atoms with Crippen molar-refractivity contribution in [2.24, 2.45) is 0 Å². The second kappa shape index (κ2) is 6.26. The molecule has 0 aromatic heterocycles. The Kier molecular flexibility index (Phi) is 4.42. The molecule has 5 heteroatoms. The van der Waals surface area contributed by atoms with Gasteiger partial charge in [0.15, 0.2) is 0 Å². The van der Waals surface area contributed by atoms with Crippen LogP contribution in [0.5, 0.6) is 11.5 Å². The number of phenols is 1. The highest BCUT2D eigenvalue weighted by Crippen LogP contribution is 2.26. The van der Waals surface area contributed by atoms with Gasteiger partial charge in [0.25, 0.3) is 5.91 Å². The fourth-order valence-electron chi connectivity index (χ4n) is 2.02. The first-order valence-electron chi connectivity index (χ1n) is 6.51. The number of carbonyl (C=O) groups excluding carboxylic acids is 1. The van der Waals surface area contributed by atoms with Gasteiger partial charge in [0.1, 0.15) is 17.3 Å². The van der Waals surface area contributed by atoms with E-state index in [9.17, 15) is 14.3 Å². The Morgan fingerprint density at radius 3 is 2.48 bits per heavy atom. The highest BCUT2D eigenvalue weighted by Gasteiger charge is 2.20. The van der Waals surface area contributed by atoms with Gasteiger partial charge in [0, 0.05) is 12.2 Å². The Bertz CT molecular complexity index is 640. The minimum absolute atomic E-state index is 0.124. The summed E-state index contributed by atoms with van der Waals surface area (Å²) in [6, 6.07) is 10.1. The van der Waals surface area contributed by atoms with Crippen LogP contribution in [-0.2, 0) is 0 Å². The summed E-state index contributed by atoms with van der Waals surface area (Å²) >= 11 is 0. The third kappa shape index (κ3) is 3.13. The first-order chi connectivity index (χ1) is 10.1. The number of amides is 1. The number of ether oxygens (including phenoxy) is 1. The van der Waals surface area contributed by atoms with E-state index in [4.69, 9.17) is 4.74 Å². The van der Waals surface area contributed by atoms with Gasteiger partial charge in [-0.15, -0.1) is 0 Å². The largest absolute Gasteiger partial charge is 0.507 e. The molecule has 0 atom stereocenters. The molecule has 2 aromatic carbocycles. The summed E-state index contributed by atoms with van der Waals surface area (Å²) in [5.74, 6) is -0.389. The number of methoxy groups -OCH3 is 1. The minimum Gasteiger partial charge on any atom is -0.507 e. The molecular weight excluding hydrogens is 273 g/mol. The molecule has 0 aliphatic heterocycles. The molecule has 0 fully saturated rings. The first-order valence-corrected chi connectivity index (χ1v) is 6.51. The van der Waals surface area contributed by atoms with E-state index in [1.54, 1.807) is 13.0 Å². The molecule has 110 valence electrons. The molecule has 0 spiro atoms. The number of nitrogens with zero attached hydrogens (tertiary/aromatic N) is 1. The van der Waals surface area contributed by atoms with Crippen LogP contribution in [0, 0.1) is 5.82 Å². The molecule has 0 radical (unpaired) electrons. The van der Waals surface area contributed by atoms with Crippen LogP contribution in [0.4, 0.5) is 10.1 Å². The van der Waals surface area contributed by atoms with Crippen molar-refractivity contribution < 1.29 is 19.0 Å². The molecule has 0 bridgehead atoms. The molecule has 21 heavy (non-hydrogen) atoms. The van der Waals surface area contributed by atoms with E-state index in [1.165, 1.54) is 48.4 Å². The second-order valence-electron chi connectivity index (χ2n) is 4.41. The molecule has 4 nitrogen and oxygen atoms in total. The van der Waals surface area contributed by atoms with E-state index in [0.29, 0.717) is 18.0 Å². The summed E-state index contributed by atoms with van der Waals surface area (Å²) in [5.41, 5.74) is 0.701. The van der Waals surface area contributed by atoms with E-state index in [1.807, 2.05) is 0 Å². The summed E-state index contributed by atoms with van der Waals surface area (Å²) < 4.78 is 18.0. The maximum atomic E-state index is 13.0. The highest BCUT2D eigenvalue weighted by atomic mass is 19.1. The zero-order chi connectivity index (χ0) is 15.4. The Hall–Kier alpha value is -2.56. The van der Waals surface area contributed by atoms with Gasteiger partial charge >= 0.3 is 0 Å². The van der Waals surface area contributed by atoms with E-state index >= 15 is 0 Å². The maximum absolute atomic E-state index is 13.0. The number of benzene rings is 2. The van der Waals surface area contributed by atoms with Crippen LogP contribution in [0.3, 0.4) is 0 Å². The topological polar surface area (TPSA) is 49.8 Å². The van der Waals surface area contributed by atoms with Crippen molar-refractivity contribution in [2.75, 3.05) is 18.6 Å². The average molecular weight is 289 g/mol. The molecule has 1 N–H and O–H groups in total. The van der Waals surface area contributed by atoms with Crippen LogP contribution in [0.2, 0.25) is 0 Å². The fourth-order valence-corrected chi connectivity index (χ4v) is 2.02. The van der Waals surface area contributed by atoms with E-state index < -0.39 is 0 Å². The van der Waals surface area contributed by atoms with Crippen molar-refractivity contribution in [2.45, 2.75) is 6.92 Å². The van der Waals surface area contributed by atoms with E-state index in [0.717, 1.165) is 0 Å². The third-order valence-electron chi connectivity index (χ3n) is 3.13. The Morgan fingerprint density at radius 1 is 1.24 bits per heavy atom. The summed E-state index contributed by atoms with van der Waals surface area (Å²) in [6.07, 6.45) is 0. The zero-order valence-corrected chi connectivity index (χ0v) is 11.8. The molecule has 1 amide bonds. The Balaban J connectivity index is 2.38. The van der Waals surface area contributed by atoms with Gasteiger partial charge in [-0.05, 0) is 49.4 Å². The number of carbonyl (C=O) groups is 1. The number of hydrogen-bond donors (Lipinski definition) is 1. The number of hydrogen-bond acceptors (Lipinski definition) is 3. The maximum Gasteiger partial charge on any atom is 0.262 e. The van der Waals surface area contributed by atoms with E-state index in [-0.39, 0.29) is 23.0 Å². The highest BCUT2D eigenvalue weighted by molar-refractivity contribution is 6.08. The molecule has 0 saturated heterocycles. The van der Waals surface area contributed by atoms with Crippen molar-refractivity contribution in [3.8, 4) is 11.5 Å². The molecule has 0 heterocycles. The number of rotatable bonds is 4. The standard InChI is InChI=1S/C16H16FNO3/c1-3-18(12-6-4-11(17)5-7-12)16(20)14-10-13(21-2)8-9-15(14)19/h4-10,19H,3H2,1-2H3. The van der Waals surface area contributed by atoms with Crippen LogP contribution < -0.4 is 9.64 Å². The molecule has 2 rings (SSSR count). The lowest BCUT2D eigenvalue weighted by Gasteiger charge is -2.21. The minimum atomic E-state index is -0.375. The first kappa shape index (κ1) is 14.8. The smallest absolute Gasteiger partial charge is 0.262 e. The van der Waals surface area contributed by atoms with Crippen molar-refractivity contribution in [1.82, 2.24) is 0 Å². The fraction of sp³-hybridized carbons (Fsp3) is 0.188. The van der Waals surface area contributed by atoms with Crippen molar-refractivity contribution in [3.05, 3.63) is 53.8 Å². The van der Waals surface area contributed by atoms with Crippen LogP contribution in [0.15, 0.2) is 42.5 Å². The second-order valence-corrected chi connectivity index (χ2v) is 4.41. The predicted molar refractivity (Wildman–Crippen MR) is 78.4 cm³/mol. The lowest BCUT2D eigenvalue weighted by atomic mass is 10.1. The predicted octanol–water partition coefficient (Wildman–Crippen LogP) is 3.21. The molecule has 0 saturated carbocycles. The number of phenolic OH excluding ortho intramolecular Hbond substituents is 1. The van der Waals surface area contributed by atoms with Gasteiger partial charge < -0.3 is 14.7 Å². The van der Waals surface area contributed by atoms with Crippen molar-refractivity contribution in [3.63, 3.8) is 0 Å². The number of halogens is 1. The number of anilines is 1. The zero-order valence-electron chi connectivity index (χ0n) is 11.8. The SMILES string of the molecule is CCN(C(=O)c1cc(OC)ccc1O)c1ccc(F)cc1.